The van der Waals surface area contributed by atoms with Crippen LogP contribution in [0.1, 0.15) is 20.3 Å². The lowest BCUT2D eigenvalue weighted by Crippen LogP contribution is -2.36. The Morgan fingerprint density at radius 3 is 3.00 bits per heavy atom. The van der Waals surface area contributed by atoms with Crippen LogP contribution >= 0.6 is 11.8 Å². The van der Waals surface area contributed by atoms with Crippen LogP contribution in [0.4, 0.5) is 5.82 Å². The van der Waals surface area contributed by atoms with E-state index in [2.05, 4.69) is 18.9 Å². The molecule has 2 heterocycles. The molecule has 1 aliphatic heterocycles. The number of hydrogen-bond acceptors (Lipinski definition) is 4. The van der Waals surface area contributed by atoms with Crippen LogP contribution in [-0.4, -0.2) is 44.2 Å². The zero-order valence-electron chi connectivity index (χ0n) is 10.9. The van der Waals surface area contributed by atoms with Gasteiger partial charge in [-0.05, 0) is 12.5 Å². The van der Waals surface area contributed by atoms with Crippen molar-refractivity contribution in [2.45, 2.75) is 31.6 Å². The number of nitrogens with zero attached hydrogens (tertiary/aromatic N) is 3. The maximum Gasteiger partial charge on any atom is 0.244 e. The molecular formula is C12H20N4OS. The molecule has 0 unspecified atom stereocenters. The predicted molar refractivity (Wildman–Crippen MR) is 74.4 cm³/mol. The number of hydrogen-bond donors (Lipinski definition) is 1. The molecule has 100 valence electrons. The first kappa shape index (κ1) is 13.3. The number of nitrogen functional groups attached to an aromatic ring is 1. The number of thioether (sulfide) groups is 1. The molecule has 2 rings (SSSR count). The zero-order chi connectivity index (χ0) is 13.2. The Labute approximate surface area is 112 Å². The van der Waals surface area contributed by atoms with Crippen LogP contribution < -0.4 is 5.73 Å². The van der Waals surface area contributed by atoms with Crippen LogP contribution in [0.25, 0.3) is 0 Å². The Balaban J connectivity index is 1.93. The largest absolute Gasteiger partial charge is 0.382 e. The number of amides is 1. The van der Waals surface area contributed by atoms with Crippen LogP contribution in [0.15, 0.2) is 12.3 Å². The summed E-state index contributed by atoms with van der Waals surface area (Å²) in [7, 11) is 0. The quantitative estimate of drug-likeness (QED) is 0.875. The highest BCUT2D eigenvalue weighted by Crippen LogP contribution is 2.30. The molecule has 0 spiro atoms. The lowest BCUT2D eigenvalue weighted by Gasteiger charge is -2.22. The van der Waals surface area contributed by atoms with Crippen molar-refractivity contribution in [3.8, 4) is 0 Å². The summed E-state index contributed by atoms with van der Waals surface area (Å²) < 4.78 is 1.87. The topological polar surface area (TPSA) is 64.2 Å². The van der Waals surface area contributed by atoms with Gasteiger partial charge in [-0.3, -0.25) is 9.48 Å². The molecule has 1 saturated heterocycles. The maximum atomic E-state index is 12.2. The predicted octanol–water partition coefficient (Wildman–Crippen LogP) is 1.21. The van der Waals surface area contributed by atoms with E-state index < -0.39 is 0 Å². The number of carbonyl (C=O) groups excluding carboxylic acids is 1. The Kier molecular flexibility index (Phi) is 3.85. The molecule has 0 aromatic carbocycles. The van der Waals surface area contributed by atoms with Gasteiger partial charge >= 0.3 is 0 Å². The third-order valence-corrected chi connectivity index (χ3v) is 4.52. The van der Waals surface area contributed by atoms with E-state index in [-0.39, 0.29) is 17.2 Å². The highest BCUT2D eigenvalue weighted by Gasteiger charge is 2.25. The first-order chi connectivity index (χ1) is 8.46. The fourth-order valence-corrected chi connectivity index (χ4v) is 3.07. The van der Waals surface area contributed by atoms with Crippen molar-refractivity contribution in [1.29, 1.82) is 0 Å². The van der Waals surface area contributed by atoms with Gasteiger partial charge in [-0.25, -0.2) is 0 Å². The number of anilines is 1. The molecule has 1 aliphatic rings. The van der Waals surface area contributed by atoms with E-state index in [0.717, 1.165) is 25.3 Å². The third-order valence-electron chi connectivity index (χ3n) is 3.15. The Morgan fingerprint density at radius 2 is 2.33 bits per heavy atom. The van der Waals surface area contributed by atoms with Crippen molar-refractivity contribution >= 4 is 23.5 Å². The summed E-state index contributed by atoms with van der Waals surface area (Å²) in [6.07, 6.45) is 2.77. The van der Waals surface area contributed by atoms with Gasteiger partial charge in [0.25, 0.3) is 0 Å². The molecule has 5 nitrogen and oxygen atoms in total. The number of nitrogens with two attached hydrogens (primary N) is 1. The average molecular weight is 268 g/mol. The molecule has 1 aromatic rings. The Hall–Kier alpha value is -1.17. The fourth-order valence-electron chi connectivity index (χ4n) is 1.97. The summed E-state index contributed by atoms with van der Waals surface area (Å²) >= 11 is 1.94. The van der Waals surface area contributed by atoms with E-state index in [1.54, 1.807) is 16.9 Å². The number of rotatable bonds is 2. The van der Waals surface area contributed by atoms with Gasteiger partial charge in [-0.2, -0.15) is 16.9 Å². The normalized spacial score (nSPS) is 19.6. The second-order valence-corrected chi connectivity index (χ2v) is 6.98. The molecular weight excluding hydrogens is 248 g/mol. The minimum Gasteiger partial charge on any atom is -0.382 e. The molecule has 0 aliphatic carbocycles. The van der Waals surface area contributed by atoms with E-state index >= 15 is 0 Å². The Morgan fingerprint density at radius 1 is 1.56 bits per heavy atom. The lowest BCUT2D eigenvalue weighted by molar-refractivity contribution is -0.131. The summed E-state index contributed by atoms with van der Waals surface area (Å²) in [6, 6.07) is 1.70. The summed E-state index contributed by atoms with van der Waals surface area (Å²) in [5, 5.41) is 4.04. The van der Waals surface area contributed by atoms with Crippen molar-refractivity contribution in [3.05, 3.63) is 12.3 Å². The van der Waals surface area contributed by atoms with Gasteiger partial charge in [0.1, 0.15) is 12.4 Å². The highest BCUT2D eigenvalue weighted by atomic mass is 32.2. The van der Waals surface area contributed by atoms with Crippen molar-refractivity contribution in [2.24, 2.45) is 0 Å². The van der Waals surface area contributed by atoms with Crippen molar-refractivity contribution in [3.63, 3.8) is 0 Å². The Bertz CT molecular complexity index is 429. The van der Waals surface area contributed by atoms with E-state index in [1.165, 1.54) is 0 Å². The molecule has 6 heteroatoms. The molecule has 0 saturated carbocycles. The van der Waals surface area contributed by atoms with Crippen molar-refractivity contribution in [1.82, 2.24) is 14.7 Å². The van der Waals surface area contributed by atoms with Gasteiger partial charge in [-0.1, -0.05) is 13.8 Å². The smallest absolute Gasteiger partial charge is 0.244 e. The fraction of sp³-hybridized carbons (Fsp3) is 0.667. The first-order valence-corrected chi connectivity index (χ1v) is 7.15. The minimum absolute atomic E-state index is 0.122. The number of carbonyl (C=O) groups is 1. The van der Waals surface area contributed by atoms with Crippen molar-refractivity contribution < 1.29 is 4.79 Å². The summed E-state index contributed by atoms with van der Waals surface area (Å²) in [5.41, 5.74) is 5.53. The van der Waals surface area contributed by atoms with Gasteiger partial charge in [0.2, 0.25) is 5.91 Å². The average Bonchev–Trinajstić information content (AvgIpc) is 2.58. The van der Waals surface area contributed by atoms with E-state index in [4.69, 9.17) is 5.73 Å². The van der Waals surface area contributed by atoms with Gasteiger partial charge in [-0.15, -0.1) is 0 Å². The van der Waals surface area contributed by atoms with Crippen LogP contribution in [-0.2, 0) is 11.3 Å². The lowest BCUT2D eigenvalue weighted by atomic mass is 10.1. The monoisotopic (exact) mass is 268 g/mol. The maximum absolute atomic E-state index is 12.2. The van der Waals surface area contributed by atoms with Gasteiger partial charge < -0.3 is 10.6 Å². The van der Waals surface area contributed by atoms with E-state index in [9.17, 15) is 4.79 Å². The van der Waals surface area contributed by atoms with Crippen LogP contribution in [0.3, 0.4) is 0 Å². The van der Waals surface area contributed by atoms with Crippen LogP contribution in [0, 0.1) is 0 Å². The second-order valence-electron chi connectivity index (χ2n) is 5.18. The summed E-state index contributed by atoms with van der Waals surface area (Å²) in [6.45, 7) is 6.40. The summed E-state index contributed by atoms with van der Waals surface area (Å²) in [5.74, 6) is 1.58. The molecule has 1 amide bonds. The minimum atomic E-state index is 0.122. The zero-order valence-corrected chi connectivity index (χ0v) is 11.7. The standard InChI is InChI=1S/C12H20N4OS/c1-12(2)4-6-15(7-8-18-12)11(17)9-16-5-3-10(13)14-16/h3,5H,4,6-9H2,1-2H3,(H2,13,14). The number of aromatic nitrogens is 2. The van der Waals surface area contributed by atoms with Crippen molar-refractivity contribution in [2.75, 3.05) is 24.6 Å². The molecule has 18 heavy (non-hydrogen) atoms. The van der Waals surface area contributed by atoms with Gasteiger partial charge in [0.15, 0.2) is 0 Å². The van der Waals surface area contributed by atoms with Gasteiger partial charge in [0, 0.05) is 29.8 Å². The van der Waals surface area contributed by atoms with E-state index in [0.29, 0.717) is 5.82 Å². The van der Waals surface area contributed by atoms with Crippen LogP contribution in [0.2, 0.25) is 0 Å². The van der Waals surface area contributed by atoms with E-state index in [1.807, 2.05) is 16.7 Å². The molecule has 1 fully saturated rings. The third kappa shape index (κ3) is 3.41. The second kappa shape index (κ2) is 5.22. The van der Waals surface area contributed by atoms with Gasteiger partial charge in [0.05, 0.1) is 0 Å². The molecule has 2 N–H and O–H groups in total. The molecule has 1 aromatic heterocycles. The summed E-state index contributed by atoms with van der Waals surface area (Å²) in [4.78, 5) is 14.1. The molecule has 0 radical (unpaired) electrons. The van der Waals surface area contributed by atoms with Crippen LogP contribution in [0.5, 0.6) is 0 Å². The molecule has 0 atom stereocenters. The first-order valence-electron chi connectivity index (χ1n) is 6.17. The molecule has 0 bridgehead atoms. The SMILES string of the molecule is CC1(C)CCN(C(=O)Cn2ccc(N)n2)CCS1. The highest BCUT2D eigenvalue weighted by molar-refractivity contribution is 8.00.